The van der Waals surface area contributed by atoms with Gasteiger partial charge in [0.1, 0.15) is 12.4 Å². The van der Waals surface area contributed by atoms with Crippen molar-refractivity contribution in [1.29, 1.82) is 0 Å². The van der Waals surface area contributed by atoms with Gasteiger partial charge in [-0.15, -0.1) is 0 Å². The van der Waals surface area contributed by atoms with Crippen molar-refractivity contribution in [1.82, 2.24) is 5.32 Å². The second kappa shape index (κ2) is 10.4. The molecule has 34 heavy (non-hydrogen) atoms. The number of hydrogen-bond donors (Lipinski definition) is 2. The fourth-order valence-electron chi connectivity index (χ4n) is 3.08. The van der Waals surface area contributed by atoms with Crippen LogP contribution in [-0.4, -0.2) is 32.9 Å². The largest absolute Gasteiger partial charge is 0.489 e. The summed E-state index contributed by atoms with van der Waals surface area (Å²) in [5, 5.41) is 2.71. The van der Waals surface area contributed by atoms with Gasteiger partial charge in [0.15, 0.2) is 6.61 Å². The summed E-state index contributed by atoms with van der Waals surface area (Å²) in [6.45, 7) is -0.0136. The number of esters is 1. The molecule has 8 nitrogen and oxygen atoms in total. The van der Waals surface area contributed by atoms with Crippen LogP contribution in [0.4, 0.5) is 5.69 Å². The molecule has 1 fully saturated rings. The van der Waals surface area contributed by atoms with Crippen LogP contribution < -0.4 is 14.8 Å². The molecule has 4 rings (SSSR count). The number of anilines is 1. The standard InChI is InChI=1S/C25H24N2O6S/c28-24(26-20-9-10-20)17-33-25(29)19-7-4-8-23(15-19)34(30,31)27-21-11-13-22(14-12-21)32-16-18-5-2-1-3-6-18/h1-8,11-15,20,27H,9-10,16-17H2,(H,26,28). The first-order chi connectivity index (χ1) is 16.4. The van der Waals surface area contributed by atoms with Crippen LogP contribution >= 0.6 is 0 Å². The fourth-order valence-corrected chi connectivity index (χ4v) is 4.18. The molecule has 0 saturated heterocycles. The molecule has 0 radical (unpaired) electrons. The van der Waals surface area contributed by atoms with E-state index in [2.05, 4.69) is 10.0 Å². The van der Waals surface area contributed by atoms with E-state index in [0.29, 0.717) is 18.0 Å². The highest BCUT2D eigenvalue weighted by atomic mass is 32.2. The molecule has 3 aromatic carbocycles. The van der Waals surface area contributed by atoms with Crippen molar-refractivity contribution in [3.05, 3.63) is 90.0 Å². The number of amides is 1. The molecule has 0 unspecified atom stereocenters. The molecule has 176 valence electrons. The first-order valence-electron chi connectivity index (χ1n) is 10.8. The molecule has 1 saturated carbocycles. The smallest absolute Gasteiger partial charge is 0.338 e. The van der Waals surface area contributed by atoms with Crippen LogP contribution in [0.2, 0.25) is 0 Å². The van der Waals surface area contributed by atoms with E-state index in [1.54, 1.807) is 24.3 Å². The summed E-state index contributed by atoms with van der Waals surface area (Å²) >= 11 is 0. The summed E-state index contributed by atoms with van der Waals surface area (Å²) in [7, 11) is -3.95. The van der Waals surface area contributed by atoms with Crippen LogP contribution in [-0.2, 0) is 26.2 Å². The maximum atomic E-state index is 12.8. The van der Waals surface area contributed by atoms with Crippen LogP contribution in [0, 0.1) is 0 Å². The summed E-state index contributed by atoms with van der Waals surface area (Å²) < 4.78 is 38.8. The van der Waals surface area contributed by atoms with E-state index < -0.39 is 22.6 Å². The molecular formula is C25H24N2O6S. The summed E-state index contributed by atoms with van der Waals surface area (Å²) in [5.74, 6) is -0.553. The Hall–Kier alpha value is -3.85. The van der Waals surface area contributed by atoms with Crippen molar-refractivity contribution in [2.24, 2.45) is 0 Å². The molecule has 3 aromatic rings. The zero-order chi connectivity index (χ0) is 24.0. The van der Waals surface area contributed by atoms with Crippen molar-refractivity contribution >= 4 is 27.6 Å². The second-order valence-electron chi connectivity index (χ2n) is 7.85. The lowest BCUT2D eigenvalue weighted by Gasteiger charge is -2.11. The highest BCUT2D eigenvalue weighted by Crippen LogP contribution is 2.21. The lowest BCUT2D eigenvalue weighted by molar-refractivity contribution is -0.124. The summed E-state index contributed by atoms with van der Waals surface area (Å²) in [4.78, 5) is 23.8. The van der Waals surface area contributed by atoms with Crippen molar-refractivity contribution in [3.63, 3.8) is 0 Å². The van der Waals surface area contributed by atoms with E-state index >= 15 is 0 Å². The van der Waals surface area contributed by atoms with Crippen LogP contribution in [0.25, 0.3) is 0 Å². The van der Waals surface area contributed by atoms with E-state index in [4.69, 9.17) is 9.47 Å². The van der Waals surface area contributed by atoms with Crippen molar-refractivity contribution in [3.8, 4) is 5.75 Å². The topological polar surface area (TPSA) is 111 Å². The zero-order valence-electron chi connectivity index (χ0n) is 18.3. The van der Waals surface area contributed by atoms with Crippen LogP contribution in [0.15, 0.2) is 83.8 Å². The molecule has 0 atom stereocenters. The Kier molecular flexibility index (Phi) is 7.12. The molecular weight excluding hydrogens is 456 g/mol. The van der Waals surface area contributed by atoms with Gasteiger partial charge in [0.2, 0.25) is 0 Å². The molecule has 0 aromatic heterocycles. The van der Waals surface area contributed by atoms with Gasteiger partial charge in [-0.3, -0.25) is 9.52 Å². The third-order valence-corrected chi connectivity index (χ3v) is 6.39. The lowest BCUT2D eigenvalue weighted by atomic mass is 10.2. The Morgan fingerprint density at radius 3 is 2.35 bits per heavy atom. The van der Waals surface area contributed by atoms with Gasteiger partial charge < -0.3 is 14.8 Å². The lowest BCUT2D eigenvalue weighted by Crippen LogP contribution is -2.30. The number of carbonyl (C=O) groups is 2. The molecule has 9 heteroatoms. The SMILES string of the molecule is O=C(COC(=O)c1cccc(S(=O)(=O)Nc2ccc(OCc3ccccc3)cc2)c1)NC1CC1. The maximum absolute atomic E-state index is 12.8. The Morgan fingerprint density at radius 1 is 0.912 bits per heavy atom. The summed E-state index contributed by atoms with van der Waals surface area (Å²) in [6.07, 6.45) is 1.85. The van der Waals surface area contributed by atoms with E-state index in [1.165, 1.54) is 24.3 Å². The number of carbonyl (C=O) groups excluding carboxylic acids is 2. The minimum absolute atomic E-state index is 0.0340. The molecule has 2 N–H and O–H groups in total. The Morgan fingerprint density at radius 2 is 1.65 bits per heavy atom. The van der Waals surface area contributed by atoms with Gasteiger partial charge in [-0.2, -0.15) is 0 Å². The van der Waals surface area contributed by atoms with Gasteiger partial charge in [-0.1, -0.05) is 36.4 Å². The van der Waals surface area contributed by atoms with E-state index in [-0.39, 0.29) is 22.4 Å². The first kappa shape index (κ1) is 23.3. The van der Waals surface area contributed by atoms with Gasteiger partial charge in [0, 0.05) is 11.7 Å². The first-order valence-corrected chi connectivity index (χ1v) is 12.2. The normalized spacial score (nSPS) is 13.1. The minimum atomic E-state index is -3.95. The number of rotatable bonds is 10. The van der Waals surface area contributed by atoms with Gasteiger partial charge in [0.05, 0.1) is 10.5 Å². The van der Waals surface area contributed by atoms with E-state index in [0.717, 1.165) is 18.4 Å². The minimum Gasteiger partial charge on any atom is -0.489 e. The molecule has 0 heterocycles. The van der Waals surface area contributed by atoms with Crippen LogP contribution in [0.1, 0.15) is 28.8 Å². The third-order valence-electron chi connectivity index (χ3n) is 5.01. The maximum Gasteiger partial charge on any atom is 0.338 e. The summed E-state index contributed by atoms with van der Waals surface area (Å²) in [6, 6.07) is 21.8. The molecule has 1 aliphatic rings. The number of benzene rings is 3. The quantitative estimate of drug-likeness (QED) is 0.430. The molecule has 0 spiro atoms. The molecule has 0 aliphatic heterocycles. The van der Waals surface area contributed by atoms with Crippen molar-refractivity contribution in [2.75, 3.05) is 11.3 Å². The van der Waals surface area contributed by atoms with Gasteiger partial charge >= 0.3 is 5.97 Å². The second-order valence-corrected chi connectivity index (χ2v) is 9.53. The average molecular weight is 481 g/mol. The number of ether oxygens (including phenoxy) is 2. The monoisotopic (exact) mass is 480 g/mol. The highest BCUT2D eigenvalue weighted by molar-refractivity contribution is 7.92. The fraction of sp³-hybridized carbons (Fsp3) is 0.200. The van der Waals surface area contributed by atoms with Crippen molar-refractivity contribution in [2.45, 2.75) is 30.4 Å². The number of sulfonamides is 1. The van der Waals surface area contributed by atoms with Gasteiger partial charge in [-0.25, -0.2) is 13.2 Å². The van der Waals surface area contributed by atoms with Crippen molar-refractivity contribution < 1.29 is 27.5 Å². The average Bonchev–Trinajstić information content (AvgIpc) is 3.66. The third kappa shape index (κ3) is 6.58. The predicted molar refractivity (Wildman–Crippen MR) is 126 cm³/mol. The van der Waals surface area contributed by atoms with Gasteiger partial charge in [-0.05, 0) is 60.9 Å². The zero-order valence-corrected chi connectivity index (χ0v) is 19.1. The van der Waals surface area contributed by atoms with Crippen LogP contribution in [0.3, 0.4) is 0 Å². The van der Waals surface area contributed by atoms with Crippen LogP contribution in [0.5, 0.6) is 5.75 Å². The molecule has 1 aliphatic carbocycles. The number of nitrogens with one attached hydrogen (secondary N) is 2. The highest BCUT2D eigenvalue weighted by Gasteiger charge is 2.24. The Labute approximate surface area is 198 Å². The molecule has 0 bridgehead atoms. The number of hydrogen-bond acceptors (Lipinski definition) is 6. The van der Waals surface area contributed by atoms with Gasteiger partial charge in [0.25, 0.3) is 15.9 Å². The van der Waals surface area contributed by atoms with E-state index in [9.17, 15) is 18.0 Å². The Balaban J connectivity index is 1.35. The summed E-state index contributed by atoms with van der Waals surface area (Å²) in [5.41, 5.74) is 1.40. The Bertz CT molecular complexity index is 1260. The molecule has 1 amide bonds. The van der Waals surface area contributed by atoms with E-state index in [1.807, 2.05) is 30.3 Å². The predicted octanol–water partition coefficient (Wildman–Crippen LogP) is 3.50.